The molecular weight excluding hydrogens is 316 g/mol. The molecule has 6 nitrogen and oxygen atoms in total. The van der Waals surface area contributed by atoms with Crippen LogP contribution in [0.2, 0.25) is 0 Å². The lowest BCUT2D eigenvalue weighted by Crippen LogP contribution is -2.53. The maximum atomic E-state index is 12.7. The van der Waals surface area contributed by atoms with Crippen LogP contribution in [0.3, 0.4) is 0 Å². The van der Waals surface area contributed by atoms with Gasteiger partial charge in [0, 0.05) is 38.4 Å². The molecule has 1 atom stereocenters. The molecule has 2 aromatic rings. The molecule has 3 rings (SSSR count). The molecule has 132 valence electrons. The van der Waals surface area contributed by atoms with Crippen molar-refractivity contribution in [3.8, 4) is 5.75 Å². The maximum absolute atomic E-state index is 12.7. The molecule has 0 spiro atoms. The molecular formula is C19H24N4O2. The number of nitrogens with zero attached hydrogens (tertiary/aromatic N) is 4. The minimum absolute atomic E-state index is 0.0407. The first-order chi connectivity index (χ1) is 12.1. The van der Waals surface area contributed by atoms with E-state index in [0.717, 1.165) is 31.1 Å². The predicted molar refractivity (Wildman–Crippen MR) is 95.5 cm³/mol. The number of methoxy groups -OCH3 is 1. The number of rotatable bonds is 4. The van der Waals surface area contributed by atoms with Gasteiger partial charge in [-0.2, -0.15) is 0 Å². The average molecular weight is 340 g/mol. The van der Waals surface area contributed by atoms with Crippen LogP contribution in [0, 0.1) is 6.92 Å². The highest BCUT2D eigenvalue weighted by atomic mass is 16.5. The van der Waals surface area contributed by atoms with Crippen molar-refractivity contribution in [2.75, 3.05) is 26.7 Å². The number of carbonyl (C=O) groups excluding carboxylic acids is 1. The van der Waals surface area contributed by atoms with Gasteiger partial charge in [0.25, 0.3) is 5.91 Å². The summed E-state index contributed by atoms with van der Waals surface area (Å²) in [5.41, 5.74) is 2.45. The first-order valence-electron chi connectivity index (χ1n) is 8.51. The standard InChI is InChI=1S/C19H24N4O2/c1-14-10-21-18(11-20-14)19(24)23-8-7-22(12-15(23)2)13-16-5-4-6-17(9-16)25-3/h4-6,9-11,15H,7-8,12-13H2,1-3H3/t15-/m0/s1. The number of amides is 1. The third-order valence-corrected chi connectivity index (χ3v) is 4.51. The zero-order valence-corrected chi connectivity index (χ0v) is 15.0. The lowest BCUT2D eigenvalue weighted by Gasteiger charge is -2.39. The van der Waals surface area contributed by atoms with E-state index in [9.17, 15) is 4.79 Å². The fourth-order valence-electron chi connectivity index (χ4n) is 3.16. The zero-order chi connectivity index (χ0) is 17.8. The second-order valence-corrected chi connectivity index (χ2v) is 6.48. The van der Waals surface area contributed by atoms with Crippen molar-refractivity contribution in [3.05, 3.63) is 53.6 Å². The Bertz CT molecular complexity index is 732. The maximum Gasteiger partial charge on any atom is 0.274 e. The van der Waals surface area contributed by atoms with Crippen LogP contribution in [-0.2, 0) is 6.54 Å². The van der Waals surface area contributed by atoms with E-state index in [4.69, 9.17) is 4.74 Å². The summed E-state index contributed by atoms with van der Waals surface area (Å²) in [6.07, 6.45) is 3.20. The Morgan fingerprint density at radius 2 is 2.12 bits per heavy atom. The number of ether oxygens (including phenoxy) is 1. The molecule has 1 aromatic heterocycles. The van der Waals surface area contributed by atoms with Crippen LogP contribution >= 0.6 is 0 Å². The SMILES string of the molecule is COc1cccc(CN2CCN(C(=O)c3cnc(C)cn3)[C@@H](C)C2)c1. The Morgan fingerprint density at radius 3 is 2.80 bits per heavy atom. The smallest absolute Gasteiger partial charge is 0.274 e. The van der Waals surface area contributed by atoms with Crippen LogP contribution in [0.4, 0.5) is 0 Å². The number of benzene rings is 1. The summed E-state index contributed by atoms with van der Waals surface area (Å²) in [6.45, 7) is 7.17. The minimum atomic E-state index is -0.0407. The first-order valence-corrected chi connectivity index (χ1v) is 8.51. The van der Waals surface area contributed by atoms with Gasteiger partial charge in [0.1, 0.15) is 11.4 Å². The number of aryl methyl sites for hydroxylation is 1. The molecule has 0 saturated carbocycles. The number of aromatic nitrogens is 2. The average Bonchev–Trinajstić information content (AvgIpc) is 2.62. The van der Waals surface area contributed by atoms with Gasteiger partial charge in [-0.05, 0) is 31.5 Å². The van der Waals surface area contributed by atoms with Crippen molar-refractivity contribution < 1.29 is 9.53 Å². The van der Waals surface area contributed by atoms with Crippen LogP contribution < -0.4 is 4.74 Å². The van der Waals surface area contributed by atoms with Crippen LogP contribution in [0.5, 0.6) is 5.75 Å². The number of hydrogen-bond donors (Lipinski definition) is 0. The van der Waals surface area contributed by atoms with Crippen LogP contribution in [0.25, 0.3) is 0 Å². The third kappa shape index (κ3) is 4.14. The van der Waals surface area contributed by atoms with E-state index in [2.05, 4.69) is 33.9 Å². The molecule has 0 aliphatic carbocycles. The summed E-state index contributed by atoms with van der Waals surface area (Å²) in [6, 6.07) is 8.25. The van der Waals surface area contributed by atoms with Gasteiger partial charge in [-0.25, -0.2) is 4.98 Å². The van der Waals surface area contributed by atoms with Gasteiger partial charge in [-0.15, -0.1) is 0 Å². The Kier molecular flexibility index (Phi) is 5.28. The van der Waals surface area contributed by atoms with E-state index in [0.29, 0.717) is 12.2 Å². The molecule has 1 saturated heterocycles. The number of piperazine rings is 1. The van der Waals surface area contributed by atoms with Crippen molar-refractivity contribution in [1.82, 2.24) is 19.8 Å². The van der Waals surface area contributed by atoms with E-state index in [1.807, 2.05) is 24.0 Å². The largest absolute Gasteiger partial charge is 0.497 e. The molecule has 0 N–H and O–H groups in total. The molecule has 6 heteroatoms. The molecule has 1 fully saturated rings. The Labute approximate surface area is 148 Å². The molecule has 0 radical (unpaired) electrons. The monoisotopic (exact) mass is 340 g/mol. The Hall–Kier alpha value is -2.47. The molecule has 1 amide bonds. The van der Waals surface area contributed by atoms with Crippen molar-refractivity contribution in [1.29, 1.82) is 0 Å². The second kappa shape index (κ2) is 7.61. The van der Waals surface area contributed by atoms with Gasteiger partial charge in [0.05, 0.1) is 19.0 Å². The summed E-state index contributed by atoms with van der Waals surface area (Å²) < 4.78 is 5.29. The van der Waals surface area contributed by atoms with E-state index < -0.39 is 0 Å². The zero-order valence-electron chi connectivity index (χ0n) is 15.0. The fraction of sp³-hybridized carbons (Fsp3) is 0.421. The van der Waals surface area contributed by atoms with Gasteiger partial charge in [0.2, 0.25) is 0 Å². The summed E-state index contributed by atoms with van der Waals surface area (Å²) in [5, 5.41) is 0. The van der Waals surface area contributed by atoms with Crippen molar-refractivity contribution in [2.24, 2.45) is 0 Å². The summed E-state index contributed by atoms with van der Waals surface area (Å²) in [4.78, 5) is 25.3. The Balaban J connectivity index is 1.62. The molecule has 0 unspecified atom stereocenters. The molecule has 1 aliphatic rings. The Morgan fingerprint density at radius 1 is 1.28 bits per heavy atom. The summed E-state index contributed by atoms with van der Waals surface area (Å²) in [7, 11) is 1.68. The van der Waals surface area contributed by atoms with Gasteiger partial charge >= 0.3 is 0 Å². The molecule has 2 heterocycles. The third-order valence-electron chi connectivity index (χ3n) is 4.51. The fourth-order valence-corrected chi connectivity index (χ4v) is 3.16. The molecule has 25 heavy (non-hydrogen) atoms. The van der Waals surface area contributed by atoms with Gasteiger partial charge in [-0.3, -0.25) is 14.7 Å². The quantitative estimate of drug-likeness (QED) is 0.853. The molecule has 1 aliphatic heterocycles. The van der Waals surface area contributed by atoms with Gasteiger partial charge in [0.15, 0.2) is 0 Å². The topological polar surface area (TPSA) is 58.6 Å². The first kappa shape index (κ1) is 17.4. The summed E-state index contributed by atoms with van der Waals surface area (Å²) >= 11 is 0. The van der Waals surface area contributed by atoms with E-state index >= 15 is 0 Å². The predicted octanol–water partition coefficient (Wildman–Crippen LogP) is 2.14. The highest BCUT2D eigenvalue weighted by Crippen LogP contribution is 2.18. The summed E-state index contributed by atoms with van der Waals surface area (Å²) in [5.74, 6) is 0.832. The van der Waals surface area contributed by atoms with Crippen molar-refractivity contribution >= 4 is 5.91 Å². The number of carbonyl (C=O) groups is 1. The van der Waals surface area contributed by atoms with Gasteiger partial charge < -0.3 is 9.64 Å². The lowest BCUT2D eigenvalue weighted by atomic mass is 10.1. The van der Waals surface area contributed by atoms with Crippen molar-refractivity contribution in [3.63, 3.8) is 0 Å². The van der Waals surface area contributed by atoms with E-state index in [1.165, 1.54) is 5.56 Å². The number of hydrogen-bond acceptors (Lipinski definition) is 5. The minimum Gasteiger partial charge on any atom is -0.497 e. The highest BCUT2D eigenvalue weighted by Gasteiger charge is 2.28. The normalized spacial score (nSPS) is 18.2. The van der Waals surface area contributed by atoms with E-state index in [-0.39, 0.29) is 11.9 Å². The van der Waals surface area contributed by atoms with E-state index in [1.54, 1.807) is 19.5 Å². The van der Waals surface area contributed by atoms with Crippen LogP contribution in [-0.4, -0.2) is 58.5 Å². The second-order valence-electron chi connectivity index (χ2n) is 6.48. The van der Waals surface area contributed by atoms with Crippen LogP contribution in [0.1, 0.15) is 28.7 Å². The van der Waals surface area contributed by atoms with Crippen LogP contribution in [0.15, 0.2) is 36.7 Å². The van der Waals surface area contributed by atoms with Crippen molar-refractivity contribution in [2.45, 2.75) is 26.4 Å². The van der Waals surface area contributed by atoms with Gasteiger partial charge in [-0.1, -0.05) is 12.1 Å². The highest BCUT2D eigenvalue weighted by molar-refractivity contribution is 5.92. The molecule has 0 bridgehead atoms. The lowest BCUT2D eigenvalue weighted by molar-refractivity contribution is 0.0469. The molecule has 1 aromatic carbocycles.